The highest BCUT2D eigenvalue weighted by Gasteiger charge is 2.37. The number of aryl methyl sites for hydroxylation is 1. The summed E-state index contributed by atoms with van der Waals surface area (Å²) in [6.07, 6.45) is 4.89. The Morgan fingerprint density at radius 1 is 0.970 bits per heavy atom. The van der Waals surface area contributed by atoms with Crippen molar-refractivity contribution >= 4 is 44.8 Å². The zero-order chi connectivity index (χ0) is 22.7. The maximum absolute atomic E-state index is 13.3. The first-order chi connectivity index (χ1) is 16.1. The fraction of sp³-hybridized carbons (Fsp3) is 0.259. The normalized spacial score (nSPS) is 18.8. The summed E-state index contributed by atoms with van der Waals surface area (Å²) in [6, 6.07) is 16.2. The highest BCUT2D eigenvalue weighted by molar-refractivity contribution is 6.51. The Morgan fingerprint density at radius 3 is 2.45 bits per heavy atom. The number of fused-ring (bicyclic) bond motifs is 4. The van der Waals surface area contributed by atoms with Gasteiger partial charge in [0.15, 0.2) is 0 Å². The molecule has 0 fully saturated rings. The summed E-state index contributed by atoms with van der Waals surface area (Å²) in [4.78, 5) is 26.5. The summed E-state index contributed by atoms with van der Waals surface area (Å²) in [5.41, 5.74) is 12.0. The zero-order valence-electron chi connectivity index (χ0n) is 18.6. The Bertz CT molecular complexity index is 1490. The van der Waals surface area contributed by atoms with E-state index in [-0.39, 0.29) is 11.8 Å². The second kappa shape index (κ2) is 7.46. The fourth-order valence-electron chi connectivity index (χ4n) is 5.70. The Kier molecular flexibility index (Phi) is 4.52. The highest BCUT2D eigenvalue weighted by Crippen LogP contribution is 2.42. The average Bonchev–Trinajstić information content (AvgIpc) is 3.34. The lowest BCUT2D eigenvalue weighted by molar-refractivity contribution is -0.122. The Labute approximate surface area is 191 Å². The molecule has 2 aromatic carbocycles. The van der Waals surface area contributed by atoms with E-state index in [2.05, 4.69) is 22.0 Å². The van der Waals surface area contributed by atoms with Crippen LogP contribution in [0.25, 0.3) is 33.0 Å². The molecule has 2 amide bonds. The van der Waals surface area contributed by atoms with E-state index in [1.165, 1.54) is 0 Å². The molecule has 0 radical (unpaired) electrons. The van der Waals surface area contributed by atoms with E-state index in [1.807, 2.05) is 54.2 Å². The van der Waals surface area contributed by atoms with Crippen molar-refractivity contribution in [3.05, 3.63) is 71.5 Å². The smallest absolute Gasteiger partial charge is 0.259 e. The topological polar surface area (TPSA) is 82.0 Å². The van der Waals surface area contributed by atoms with Gasteiger partial charge >= 0.3 is 0 Å². The van der Waals surface area contributed by atoms with Gasteiger partial charge in [-0.2, -0.15) is 0 Å². The van der Waals surface area contributed by atoms with Gasteiger partial charge in [0.1, 0.15) is 0 Å². The van der Waals surface area contributed by atoms with Gasteiger partial charge in [0, 0.05) is 58.4 Å². The molecule has 33 heavy (non-hydrogen) atoms. The molecule has 166 valence electrons. The van der Waals surface area contributed by atoms with E-state index < -0.39 is 0 Å². The Hall–Kier alpha value is -3.64. The molecule has 6 heteroatoms. The molecule has 1 atom stereocenters. The number of imide groups is 1. The van der Waals surface area contributed by atoms with Crippen LogP contribution < -0.4 is 11.1 Å². The first kappa shape index (κ1) is 20.0. The van der Waals surface area contributed by atoms with Crippen molar-refractivity contribution in [3.63, 3.8) is 0 Å². The van der Waals surface area contributed by atoms with Crippen LogP contribution in [0.1, 0.15) is 29.7 Å². The molecule has 6 rings (SSSR count). The van der Waals surface area contributed by atoms with Crippen molar-refractivity contribution in [2.45, 2.75) is 25.8 Å². The van der Waals surface area contributed by atoms with Gasteiger partial charge in [-0.05, 0) is 43.9 Å². The molecular weight excluding hydrogens is 412 g/mol. The van der Waals surface area contributed by atoms with Crippen molar-refractivity contribution in [2.75, 3.05) is 6.54 Å². The van der Waals surface area contributed by atoms with Crippen LogP contribution in [0.3, 0.4) is 0 Å². The van der Waals surface area contributed by atoms with Crippen molar-refractivity contribution in [1.29, 1.82) is 0 Å². The second-order valence-electron chi connectivity index (χ2n) is 9.15. The number of nitrogens with zero attached hydrogens (tertiary/aromatic N) is 2. The summed E-state index contributed by atoms with van der Waals surface area (Å²) in [6.45, 7) is 1.48. The fourth-order valence-corrected chi connectivity index (χ4v) is 5.70. The Morgan fingerprint density at radius 2 is 1.67 bits per heavy atom. The van der Waals surface area contributed by atoms with E-state index in [0.717, 1.165) is 64.4 Å². The molecule has 0 saturated carbocycles. The van der Waals surface area contributed by atoms with Crippen molar-refractivity contribution in [1.82, 2.24) is 14.5 Å². The molecule has 0 aliphatic carbocycles. The van der Waals surface area contributed by atoms with E-state index in [9.17, 15) is 9.59 Å². The number of aromatic nitrogens is 2. The maximum Gasteiger partial charge on any atom is 0.259 e. The summed E-state index contributed by atoms with van der Waals surface area (Å²) >= 11 is 0. The molecule has 1 unspecified atom stereocenters. The number of nitrogens with one attached hydrogen (secondary N) is 1. The quantitative estimate of drug-likeness (QED) is 0.480. The predicted molar refractivity (Wildman–Crippen MR) is 130 cm³/mol. The minimum atomic E-state index is -0.330. The SMILES string of the molecule is Cn1cc(C2=C(c3c4n(c5ccccc35)CC(CN)CCC4)C(=O)NC2=O)c2ccccc21. The van der Waals surface area contributed by atoms with Crippen LogP contribution in [0.15, 0.2) is 54.7 Å². The van der Waals surface area contributed by atoms with Gasteiger partial charge in [-0.1, -0.05) is 36.4 Å². The minimum Gasteiger partial charge on any atom is -0.350 e. The third-order valence-electron chi connectivity index (χ3n) is 7.23. The number of amides is 2. The molecule has 2 aliphatic rings. The lowest BCUT2D eigenvalue weighted by atomic mass is 9.92. The van der Waals surface area contributed by atoms with Gasteiger partial charge < -0.3 is 14.9 Å². The molecular formula is C27H26N4O2. The number of hydrogen-bond acceptors (Lipinski definition) is 3. The average molecular weight is 439 g/mol. The van der Waals surface area contributed by atoms with Gasteiger partial charge in [0.05, 0.1) is 11.1 Å². The molecule has 2 aromatic heterocycles. The largest absolute Gasteiger partial charge is 0.350 e. The maximum atomic E-state index is 13.3. The molecule has 3 N–H and O–H groups in total. The summed E-state index contributed by atoms with van der Waals surface area (Å²) in [7, 11) is 1.97. The first-order valence-electron chi connectivity index (χ1n) is 11.5. The second-order valence-corrected chi connectivity index (χ2v) is 9.15. The van der Waals surface area contributed by atoms with Gasteiger partial charge in [-0.25, -0.2) is 0 Å². The van der Waals surface area contributed by atoms with Crippen molar-refractivity contribution in [2.24, 2.45) is 18.7 Å². The van der Waals surface area contributed by atoms with Crippen LogP contribution in [0, 0.1) is 5.92 Å². The van der Waals surface area contributed by atoms with Gasteiger partial charge in [-0.3, -0.25) is 14.9 Å². The standard InChI is InChI=1S/C27H26N4O2/c1-30-15-19(17-8-2-4-10-20(17)30)24-25(27(33)29-26(24)32)23-18-9-3-5-11-21(18)31-14-16(13-28)7-6-12-22(23)31/h2-5,8-11,15-16H,6-7,12-14,28H2,1H3,(H,29,32,33). The monoisotopic (exact) mass is 438 g/mol. The number of carbonyl (C=O) groups excluding carboxylic acids is 2. The van der Waals surface area contributed by atoms with Crippen LogP contribution in [-0.2, 0) is 29.6 Å². The Balaban J connectivity index is 1.69. The summed E-state index contributed by atoms with van der Waals surface area (Å²) in [5.74, 6) is -0.244. The van der Waals surface area contributed by atoms with Gasteiger partial charge in [0.25, 0.3) is 11.8 Å². The van der Waals surface area contributed by atoms with Crippen LogP contribution in [0.2, 0.25) is 0 Å². The summed E-state index contributed by atoms with van der Waals surface area (Å²) < 4.78 is 4.34. The zero-order valence-corrected chi connectivity index (χ0v) is 18.6. The third-order valence-corrected chi connectivity index (χ3v) is 7.23. The molecule has 4 heterocycles. The number of rotatable bonds is 3. The lowest BCUT2D eigenvalue weighted by Crippen LogP contribution is -2.23. The van der Waals surface area contributed by atoms with E-state index in [4.69, 9.17) is 5.73 Å². The number of hydrogen-bond donors (Lipinski definition) is 2. The number of para-hydroxylation sites is 2. The van der Waals surface area contributed by atoms with Crippen LogP contribution in [-0.4, -0.2) is 27.5 Å². The molecule has 0 bridgehead atoms. The number of nitrogens with two attached hydrogens (primary N) is 1. The van der Waals surface area contributed by atoms with Crippen LogP contribution >= 0.6 is 0 Å². The van der Waals surface area contributed by atoms with Crippen LogP contribution in [0.4, 0.5) is 0 Å². The molecule has 0 spiro atoms. The predicted octanol–water partition coefficient (Wildman–Crippen LogP) is 3.61. The molecule has 2 aliphatic heterocycles. The summed E-state index contributed by atoms with van der Waals surface area (Å²) in [5, 5.41) is 4.58. The highest BCUT2D eigenvalue weighted by atomic mass is 16.2. The van der Waals surface area contributed by atoms with Crippen molar-refractivity contribution < 1.29 is 9.59 Å². The van der Waals surface area contributed by atoms with Gasteiger partial charge in [0.2, 0.25) is 0 Å². The van der Waals surface area contributed by atoms with E-state index in [0.29, 0.717) is 23.6 Å². The minimum absolute atomic E-state index is 0.318. The van der Waals surface area contributed by atoms with E-state index in [1.54, 1.807) is 0 Å². The molecule has 6 nitrogen and oxygen atoms in total. The van der Waals surface area contributed by atoms with E-state index >= 15 is 0 Å². The van der Waals surface area contributed by atoms with Gasteiger partial charge in [-0.15, -0.1) is 0 Å². The molecule has 4 aromatic rings. The molecule has 0 saturated heterocycles. The van der Waals surface area contributed by atoms with Crippen LogP contribution in [0.5, 0.6) is 0 Å². The third kappa shape index (κ3) is 2.91. The number of carbonyl (C=O) groups is 2. The first-order valence-corrected chi connectivity index (χ1v) is 11.5. The number of benzene rings is 2. The lowest BCUT2D eigenvalue weighted by Gasteiger charge is -2.14. The van der Waals surface area contributed by atoms with Crippen molar-refractivity contribution in [3.8, 4) is 0 Å².